The third-order valence-corrected chi connectivity index (χ3v) is 3.71. The first kappa shape index (κ1) is 12.8. The average Bonchev–Trinajstić information content (AvgIpc) is 2.67. The first-order valence-electron chi connectivity index (χ1n) is 5.81. The first-order chi connectivity index (χ1) is 8.35. The van der Waals surface area contributed by atoms with Crippen molar-refractivity contribution in [1.82, 2.24) is 15.0 Å². The van der Waals surface area contributed by atoms with Gasteiger partial charge in [0.15, 0.2) is 0 Å². The summed E-state index contributed by atoms with van der Waals surface area (Å²) in [7, 11) is -1.27. The minimum Gasteiger partial charge on any atom is -0.399 e. The van der Waals surface area contributed by atoms with Crippen LogP contribution in [0.1, 0.15) is 0 Å². The molecule has 0 atom stereocenters. The lowest BCUT2D eigenvalue weighted by Crippen LogP contribution is -2.28. The van der Waals surface area contributed by atoms with Crippen molar-refractivity contribution in [3.05, 3.63) is 30.2 Å². The third kappa shape index (κ3) is 2.95. The molecule has 0 aliphatic carbocycles. The van der Waals surface area contributed by atoms with Crippen LogP contribution in [0.15, 0.2) is 24.4 Å². The highest BCUT2D eigenvalue weighted by Gasteiger charge is 2.16. The van der Waals surface area contributed by atoms with Gasteiger partial charge in [0, 0.05) is 17.4 Å². The largest absolute Gasteiger partial charge is 0.399 e. The van der Waals surface area contributed by atoms with Gasteiger partial charge in [0.25, 0.3) is 0 Å². The van der Waals surface area contributed by atoms with E-state index in [1.807, 2.05) is 0 Å². The molecule has 2 N–H and O–H groups in total. The summed E-state index contributed by atoms with van der Waals surface area (Å²) in [6, 6.07) is 4.46. The fourth-order valence-corrected chi connectivity index (χ4v) is 2.85. The number of hydrogen-bond donors (Lipinski definition) is 1. The van der Waals surface area contributed by atoms with Crippen LogP contribution in [0.25, 0.3) is 11.3 Å². The summed E-state index contributed by atoms with van der Waals surface area (Å²) < 4.78 is 15.5. The van der Waals surface area contributed by atoms with Gasteiger partial charge >= 0.3 is 0 Å². The van der Waals surface area contributed by atoms with E-state index in [-0.39, 0.29) is 5.82 Å². The predicted octanol–water partition coefficient (Wildman–Crippen LogP) is 2.54. The van der Waals surface area contributed by atoms with Gasteiger partial charge in [-0.15, -0.1) is 5.10 Å². The van der Waals surface area contributed by atoms with E-state index in [0.717, 1.165) is 6.17 Å². The number of aromatic nitrogens is 3. The molecule has 0 aliphatic rings. The molecule has 96 valence electrons. The lowest BCUT2D eigenvalue weighted by Gasteiger charge is -2.14. The quantitative estimate of drug-likeness (QED) is 0.684. The van der Waals surface area contributed by atoms with E-state index in [1.54, 1.807) is 16.9 Å². The summed E-state index contributed by atoms with van der Waals surface area (Å²) in [4.78, 5) is 0. The number of nitrogen functional groups attached to an aromatic ring is 1. The molecule has 0 fully saturated rings. The molecule has 0 bridgehead atoms. The monoisotopic (exact) mass is 264 g/mol. The van der Waals surface area contributed by atoms with Crippen molar-refractivity contribution in [3.63, 3.8) is 0 Å². The van der Waals surface area contributed by atoms with Crippen LogP contribution in [0.4, 0.5) is 10.1 Å². The number of anilines is 1. The Kier molecular flexibility index (Phi) is 3.21. The third-order valence-electron chi connectivity index (χ3n) is 2.44. The topological polar surface area (TPSA) is 56.7 Å². The zero-order valence-corrected chi connectivity index (χ0v) is 11.8. The lowest BCUT2D eigenvalue weighted by atomic mass is 10.1. The molecular formula is C12H17FN4Si. The summed E-state index contributed by atoms with van der Waals surface area (Å²) in [5.41, 5.74) is 7.10. The van der Waals surface area contributed by atoms with Crippen molar-refractivity contribution in [2.24, 2.45) is 0 Å². The Morgan fingerprint density at radius 2 is 2.06 bits per heavy atom. The number of nitrogens with zero attached hydrogens (tertiary/aromatic N) is 3. The minimum absolute atomic E-state index is 0.329. The van der Waals surface area contributed by atoms with Gasteiger partial charge in [-0.2, -0.15) is 0 Å². The van der Waals surface area contributed by atoms with Crippen molar-refractivity contribution in [3.8, 4) is 11.3 Å². The Hall–Kier alpha value is -1.69. The normalized spacial score (nSPS) is 11.8. The van der Waals surface area contributed by atoms with Crippen molar-refractivity contribution >= 4 is 13.8 Å². The second-order valence-corrected chi connectivity index (χ2v) is 11.0. The van der Waals surface area contributed by atoms with Gasteiger partial charge in [-0.05, 0) is 18.2 Å². The summed E-state index contributed by atoms with van der Waals surface area (Å²) in [5, 5.41) is 8.05. The summed E-state index contributed by atoms with van der Waals surface area (Å²) >= 11 is 0. The van der Waals surface area contributed by atoms with Crippen LogP contribution in [0.3, 0.4) is 0 Å². The Labute approximate surface area is 107 Å². The molecule has 18 heavy (non-hydrogen) atoms. The van der Waals surface area contributed by atoms with E-state index in [9.17, 15) is 4.39 Å². The van der Waals surface area contributed by atoms with Crippen LogP contribution in [-0.4, -0.2) is 23.1 Å². The molecule has 0 saturated heterocycles. The highest BCUT2D eigenvalue weighted by molar-refractivity contribution is 6.74. The second-order valence-electron chi connectivity index (χ2n) is 5.60. The van der Waals surface area contributed by atoms with E-state index in [0.29, 0.717) is 16.9 Å². The minimum atomic E-state index is -1.27. The van der Waals surface area contributed by atoms with E-state index in [4.69, 9.17) is 5.73 Å². The van der Waals surface area contributed by atoms with E-state index < -0.39 is 8.07 Å². The molecule has 2 aromatic rings. The maximum Gasteiger partial charge on any atom is 0.132 e. The predicted molar refractivity (Wildman–Crippen MR) is 73.2 cm³/mol. The molecule has 1 aromatic heterocycles. The van der Waals surface area contributed by atoms with Crippen LogP contribution < -0.4 is 5.73 Å². The van der Waals surface area contributed by atoms with E-state index >= 15 is 0 Å². The van der Waals surface area contributed by atoms with Crippen LogP contribution in [0, 0.1) is 5.82 Å². The van der Waals surface area contributed by atoms with Gasteiger partial charge in [-0.1, -0.05) is 24.9 Å². The van der Waals surface area contributed by atoms with Gasteiger partial charge in [0.05, 0.1) is 14.3 Å². The van der Waals surface area contributed by atoms with Gasteiger partial charge in [-0.3, -0.25) is 4.68 Å². The van der Waals surface area contributed by atoms with Gasteiger partial charge < -0.3 is 5.73 Å². The molecule has 0 unspecified atom stereocenters. The lowest BCUT2D eigenvalue weighted by molar-refractivity contribution is 0.631. The number of benzene rings is 1. The number of rotatable bonds is 3. The van der Waals surface area contributed by atoms with Crippen molar-refractivity contribution in [1.29, 1.82) is 0 Å². The number of nitrogens with two attached hydrogens (primary N) is 1. The van der Waals surface area contributed by atoms with Crippen molar-refractivity contribution < 1.29 is 4.39 Å². The maximum absolute atomic E-state index is 13.7. The van der Waals surface area contributed by atoms with Gasteiger partial charge in [0.2, 0.25) is 0 Å². The Bertz CT molecular complexity index is 559. The standard InChI is InChI=1S/C12H17FN4Si/c1-18(2,3)8-17-7-12(15-16-17)10-6-9(14)4-5-11(10)13/h4-7H,8,14H2,1-3H3. The summed E-state index contributed by atoms with van der Waals surface area (Å²) in [6.45, 7) is 6.74. The summed E-state index contributed by atoms with van der Waals surface area (Å²) in [5.74, 6) is -0.329. The SMILES string of the molecule is C[Si](C)(C)Cn1cc(-c2cc(N)ccc2F)nn1. The zero-order valence-electron chi connectivity index (χ0n) is 10.8. The maximum atomic E-state index is 13.7. The molecule has 6 heteroatoms. The Morgan fingerprint density at radius 1 is 1.33 bits per heavy atom. The number of halogens is 1. The average molecular weight is 264 g/mol. The molecule has 1 heterocycles. The van der Waals surface area contributed by atoms with Gasteiger partial charge in [0.1, 0.15) is 11.5 Å². The highest BCUT2D eigenvalue weighted by atomic mass is 28.3. The van der Waals surface area contributed by atoms with Gasteiger partial charge in [-0.25, -0.2) is 4.39 Å². The molecule has 0 spiro atoms. The smallest absolute Gasteiger partial charge is 0.132 e. The van der Waals surface area contributed by atoms with Crippen LogP contribution >= 0.6 is 0 Å². The Morgan fingerprint density at radius 3 is 2.72 bits per heavy atom. The fourth-order valence-electron chi connectivity index (χ4n) is 1.72. The van der Waals surface area contributed by atoms with Crippen molar-refractivity contribution in [2.45, 2.75) is 25.8 Å². The molecule has 0 amide bonds. The molecular weight excluding hydrogens is 247 g/mol. The molecule has 2 rings (SSSR count). The number of hydrogen-bond acceptors (Lipinski definition) is 3. The second kappa shape index (κ2) is 4.53. The van der Waals surface area contributed by atoms with E-state index in [1.165, 1.54) is 12.1 Å². The zero-order chi connectivity index (χ0) is 13.3. The molecule has 4 nitrogen and oxygen atoms in total. The molecule has 0 radical (unpaired) electrons. The fraction of sp³-hybridized carbons (Fsp3) is 0.333. The first-order valence-corrected chi connectivity index (χ1v) is 9.51. The highest BCUT2D eigenvalue weighted by Crippen LogP contribution is 2.22. The Balaban J connectivity index is 2.32. The summed E-state index contributed by atoms with van der Waals surface area (Å²) in [6.07, 6.45) is 2.64. The van der Waals surface area contributed by atoms with Crippen LogP contribution in [0.5, 0.6) is 0 Å². The molecule has 1 aromatic carbocycles. The molecule has 0 saturated carbocycles. The van der Waals surface area contributed by atoms with E-state index in [2.05, 4.69) is 30.0 Å². The van der Waals surface area contributed by atoms with Crippen LogP contribution in [-0.2, 0) is 6.17 Å². The van der Waals surface area contributed by atoms with Crippen molar-refractivity contribution in [2.75, 3.05) is 5.73 Å². The molecule has 0 aliphatic heterocycles. The van der Waals surface area contributed by atoms with Crippen LogP contribution in [0.2, 0.25) is 19.6 Å².